The van der Waals surface area contributed by atoms with Crippen LogP contribution in [0.4, 0.5) is 8.78 Å². The van der Waals surface area contributed by atoms with Crippen LogP contribution in [0.5, 0.6) is 0 Å². The zero-order valence-electron chi connectivity index (χ0n) is 14.0. The minimum Gasteiger partial charge on any atom is -0.296 e. The monoisotopic (exact) mass is 366 g/mol. The maximum Gasteiger partial charge on any atom is 0.243 e. The molecule has 0 unspecified atom stereocenters. The second-order valence-electron chi connectivity index (χ2n) is 6.27. The van der Waals surface area contributed by atoms with E-state index in [0.717, 1.165) is 18.7 Å². The van der Waals surface area contributed by atoms with Crippen molar-refractivity contribution in [1.29, 1.82) is 0 Å². The van der Waals surface area contributed by atoms with Gasteiger partial charge in [-0.1, -0.05) is 29.8 Å². The van der Waals surface area contributed by atoms with Crippen LogP contribution in [0.2, 0.25) is 0 Å². The molecule has 0 spiro atoms. The maximum absolute atomic E-state index is 13.3. The van der Waals surface area contributed by atoms with Gasteiger partial charge in [0.25, 0.3) is 0 Å². The van der Waals surface area contributed by atoms with Gasteiger partial charge in [-0.25, -0.2) is 17.2 Å². The Morgan fingerprint density at radius 2 is 1.60 bits per heavy atom. The van der Waals surface area contributed by atoms with E-state index < -0.39 is 21.7 Å². The van der Waals surface area contributed by atoms with Crippen molar-refractivity contribution in [3.8, 4) is 0 Å². The molecule has 4 nitrogen and oxygen atoms in total. The van der Waals surface area contributed by atoms with Crippen molar-refractivity contribution in [3.63, 3.8) is 0 Å². The zero-order valence-corrected chi connectivity index (χ0v) is 14.8. The van der Waals surface area contributed by atoms with Crippen LogP contribution in [0.3, 0.4) is 0 Å². The van der Waals surface area contributed by atoms with Crippen LogP contribution in [0.15, 0.2) is 47.4 Å². The lowest BCUT2D eigenvalue weighted by Crippen LogP contribution is -2.48. The van der Waals surface area contributed by atoms with Crippen LogP contribution >= 0.6 is 0 Å². The number of hydrogen-bond donors (Lipinski definition) is 0. The molecule has 0 aromatic heterocycles. The molecule has 1 heterocycles. The van der Waals surface area contributed by atoms with E-state index in [1.54, 1.807) is 0 Å². The summed E-state index contributed by atoms with van der Waals surface area (Å²) < 4.78 is 53.1. The summed E-state index contributed by atoms with van der Waals surface area (Å²) in [4.78, 5) is 1.84. The number of aryl methyl sites for hydroxylation is 1. The van der Waals surface area contributed by atoms with Gasteiger partial charge in [-0.05, 0) is 24.6 Å². The van der Waals surface area contributed by atoms with Gasteiger partial charge in [0.1, 0.15) is 11.6 Å². The van der Waals surface area contributed by atoms with Crippen LogP contribution in [0, 0.1) is 18.6 Å². The number of hydrogen-bond acceptors (Lipinski definition) is 3. The maximum atomic E-state index is 13.3. The Labute approximate surface area is 146 Å². The quantitative estimate of drug-likeness (QED) is 0.836. The van der Waals surface area contributed by atoms with E-state index >= 15 is 0 Å². The highest BCUT2D eigenvalue weighted by molar-refractivity contribution is 7.89. The highest BCUT2D eigenvalue weighted by Gasteiger charge is 2.29. The fraction of sp³-hybridized carbons (Fsp3) is 0.333. The first-order valence-electron chi connectivity index (χ1n) is 8.09. The highest BCUT2D eigenvalue weighted by Crippen LogP contribution is 2.20. The molecule has 7 heteroatoms. The topological polar surface area (TPSA) is 40.6 Å². The lowest BCUT2D eigenvalue weighted by Gasteiger charge is -2.34. The molecule has 0 N–H and O–H groups in total. The minimum atomic E-state index is -3.88. The van der Waals surface area contributed by atoms with Gasteiger partial charge in [0, 0.05) is 38.8 Å². The van der Waals surface area contributed by atoms with Crippen molar-refractivity contribution in [2.24, 2.45) is 0 Å². The molecule has 2 aromatic carbocycles. The molecule has 0 radical (unpaired) electrons. The number of piperazine rings is 1. The second kappa shape index (κ2) is 7.19. The number of sulfonamides is 1. The predicted octanol–water partition coefficient (Wildman–Crippen LogP) is 2.78. The Morgan fingerprint density at radius 1 is 0.960 bits per heavy atom. The minimum absolute atomic E-state index is 0.298. The van der Waals surface area contributed by atoms with Crippen molar-refractivity contribution in [1.82, 2.24) is 9.21 Å². The first-order valence-corrected chi connectivity index (χ1v) is 9.53. The third-order valence-corrected chi connectivity index (χ3v) is 6.17. The van der Waals surface area contributed by atoms with E-state index in [1.807, 2.05) is 25.1 Å². The smallest absolute Gasteiger partial charge is 0.243 e. The lowest BCUT2D eigenvalue weighted by atomic mass is 10.1. The van der Waals surface area contributed by atoms with Gasteiger partial charge in [-0.15, -0.1) is 0 Å². The van der Waals surface area contributed by atoms with Crippen LogP contribution in [0.1, 0.15) is 11.1 Å². The Morgan fingerprint density at radius 3 is 2.20 bits per heavy atom. The molecule has 0 bridgehead atoms. The first kappa shape index (κ1) is 18.0. The molecule has 1 aliphatic heterocycles. The number of nitrogens with zero attached hydrogens (tertiary/aromatic N) is 2. The molecule has 3 rings (SSSR count). The molecular formula is C18H20F2N2O2S. The Hall–Kier alpha value is -1.83. The van der Waals surface area contributed by atoms with Crippen LogP contribution in [-0.2, 0) is 16.6 Å². The fourth-order valence-corrected chi connectivity index (χ4v) is 4.49. The third kappa shape index (κ3) is 4.23. The summed E-state index contributed by atoms with van der Waals surface area (Å²) in [7, 11) is -3.88. The average molecular weight is 366 g/mol. The van der Waals surface area contributed by atoms with E-state index in [2.05, 4.69) is 11.0 Å². The van der Waals surface area contributed by atoms with Crippen LogP contribution in [-0.4, -0.2) is 43.8 Å². The van der Waals surface area contributed by atoms with Gasteiger partial charge in [-0.2, -0.15) is 4.31 Å². The molecule has 2 aromatic rings. The summed E-state index contributed by atoms with van der Waals surface area (Å²) in [6.45, 7) is 4.53. The molecule has 25 heavy (non-hydrogen) atoms. The molecule has 1 saturated heterocycles. The van der Waals surface area contributed by atoms with Crippen LogP contribution in [0.25, 0.3) is 0 Å². The van der Waals surface area contributed by atoms with Crippen LogP contribution < -0.4 is 0 Å². The van der Waals surface area contributed by atoms with Gasteiger partial charge in [0.15, 0.2) is 0 Å². The van der Waals surface area contributed by atoms with E-state index in [0.29, 0.717) is 32.2 Å². The molecule has 1 fully saturated rings. The molecule has 0 amide bonds. The Bertz CT molecular complexity index is 843. The molecular weight excluding hydrogens is 346 g/mol. The summed E-state index contributed by atoms with van der Waals surface area (Å²) >= 11 is 0. The van der Waals surface area contributed by atoms with E-state index in [1.165, 1.54) is 15.4 Å². The molecule has 1 aliphatic rings. The standard InChI is InChI=1S/C18H20F2N2O2S/c1-14-3-2-4-15(9-14)13-21-5-7-22(8-6-21)25(23,24)18-11-16(19)10-17(20)12-18/h2-4,9-12H,5-8,13H2,1H3. The third-order valence-electron chi connectivity index (χ3n) is 4.29. The average Bonchev–Trinajstić information content (AvgIpc) is 2.54. The van der Waals surface area contributed by atoms with Gasteiger partial charge in [0.2, 0.25) is 10.0 Å². The van der Waals surface area contributed by atoms with Gasteiger partial charge < -0.3 is 0 Å². The second-order valence-corrected chi connectivity index (χ2v) is 8.21. The van der Waals surface area contributed by atoms with Crippen molar-refractivity contribution < 1.29 is 17.2 Å². The van der Waals surface area contributed by atoms with Crippen molar-refractivity contribution >= 4 is 10.0 Å². The van der Waals surface area contributed by atoms with Gasteiger partial charge in [0.05, 0.1) is 4.90 Å². The Kier molecular flexibility index (Phi) is 5.17. The number of halogens is 2. The molecule has 0 saturated carbocycles. The highest BCUT2D eigenvalue weighted by atomic mass is 32.2. The summed E-state index contributed by atoms with van der Waals surface area (Å²) in [6, 6.07) is 10.6. The lowest BCUT2D eigenvalue weighted by molar-refractivity contribution is 0.181. The number of benzene rings is 2. The molecule has 0 aliphatic carbocycles. The SMILES string of the molecule is Cc1cccc(CN2CCN(S(=O)(=O)c3cc(F)cc(F)c3)CC2)c1. The summed E-state index contributed by atoms with van der Waals surface area (Å²) in [5.74, 6) is -1.78. The first-order chi connectivity index (χ1) is 11.8. The van der Waals surface area contributed by atoms with Crippen molar-refractivity contribution in [3.05, 3.63) is 65.2 Å². The fourth-order valence-electron chi connectivity index (χ4n) is 3.02. The predicted molar refractivity (Wildman–Crippen MR) is 91.6 cm³/mol. The molecule has 134 valence electrons. The van der Waals surface area contributed by atoms with E-state index in [4.69, 9.17) is 0 Å². The Balaban J connectivity index is 1.67. The largest absolute Gasteiger partial charge is 0.296 e. The van der Waals surface area contributed by atoms with Crippen molar-refractivity contribution in [2.75, 3.05) is 26.2 Å². The summed E-state index contributed by atoms with van der Waals surface area (Å²) in [5, 5.41) is 0. The van der Waals surface area contributed by atoms with E-state index in [-0.39, 0.29) is 4.90 Å². The normalized spacial score (nSPS) is 16.9. The van der Waals surface area contributed by atoms with Gasteiger partial charge in [-0.3, -0.25) is 4.90 Å². The van der Waals surface area contributed by atoms with Gasteiger partial charge >= 0.3 is 0 Å². The summed E-state index contributed by atoms with van der Waals surface area (Å²) in [6.07, 6.45) is 0. The number of rotatable bonds is 4. The van der Waals surface area contributed by atoms with Crippen molar-refractivity contribution in [2.45, 2.75) is 18.4 Å². The summed E-state index contributed by atoms with van der Waals surface area (Å²) in [5.41, 5.74) is 2.37. The van der Waals surface area contributed by atoms with E-state index in [9.17, 15) is 17.2 Å². The molecule has 0 atom stereocenters. The zero-order chi connectivity index (χ0) is 18.0.